The van der Waals surface area contributed by atoms with Gasteiger partial charge in [0.15, 0.2) is 0 Å². The third-order valence-corrected chi connectivity index (χ3v) is 6.53. The predicted molar refractivity (Wildman–Crippen MR) is 79.7 cm³/mol. The smallest absolute Gasteiger partial charge is 0.469 e. The van der Waals surface area contributed by atoms with Crippen LogP contribution in [0.25, 0.3) is 0 Å². The van der Waals surface area contributed by atoms with E-state index in [2.05, 4.69) is 11.8 Å². The minimum absolute atomic E-state index is 0.0822. The van der Waals surface area contributed by atoms with E-state index in [1.54, 1.807) is 0 Å². The van der Waals surface area contributed by atoms with Crippen LogP contribution in [-0.4, -0.2) is 72.1 Å². The van der Waals surface area contributed by atoms with Gasteiger partial charge in [-0.2, -0.15) is 26.3 Å². The van der Waals surface area contributed by atoms with Gasteiger partial charge in [0.05, 0.1) is 40.2 Å². The van der Waals surface area contributed by atoms with E-state index in [0.29, 0.717) is 6.42 Å². The van der Waals surface area contributed by atoms with Crippen molar-refractivity contribution in [1.82, 2.24) is 4.13 Å². The molecule has 0 aromatic heterocycles. The zero-order valence-electron chi connectivity index (χ0n) is 14.2. The van der Waals surface area contributed by atoms with E-state index in [9.17, 15) is 48.0 Å². The average molecular weight is 453 g/mol. The van der Waals surface area contributed by atoms with E-state index in [1.807, 2.05) is 0 Å². The monoisotopic (exact) mass is 453 g/mol. The zero-order chi connectivity index (χ0) is 21.7. The van der Waals surface area contributed by atoms with Gasteiger partial charge in [-0.1, -0.05) is 4.13 Å². The van der Waals surface area contributed by atoms with Crippen LogP contribution < -0.4 is 4.13 Å². The largest absolute Gasteiger partial charge is 0.512 e. The normalized spacial score (nSPS) is 17.8. The third kappa shape index (κ3) is 8.18. The predicted octanol–water partition coefficient (Wildman–Crippen LogP) is 1.07. The summed E-state index contributed by atoms with van der Waals surface area (Å²) >= 11 is 0. The number of carbonyl (C=O) groups is 1. The highest BCUT2D eigenvalue weighted by Crippen LogP contribution is 2.27. The number of esters is 1. The van der Waals surface area contributed by atoms with Gasteiger partial charge in [0.25, 0.3) is 0 Å². The van der Waals surface area contributed by atoms with Crippen LogP contribution in [0, 0.1) is 0 Å². The molecule has 0 unspecified atom stereocenters. The first-order valence-corrected chi connectivity index (χ1v) is 10.1. The summed E-state index contributed by atoms with van der Waals surface area (Å²) < 4.78 is 114. The third-order valence-electron chi connectivity index (χ3n) is 3.56. The van der Waals surface area contributed by atoms with Crippen molar-refractivity contribution in [3.05, 3.63) is 0 Å². The standard InChI is InChI=1S/C9H18NO2.C2HF6NO4S2/c1-10(6-3-4-7-10)8-5-9(11)12-2;3-1(4,5)14(10,11)9-15(12,13)2(6,7)8/h3-8H2,1-2H3;9H/q+1;. The van der Waals surface area contributed by atoms with Crippen LogP contribution in [-0.2, 0) is 29.6 Å². The Hall–Kier alpha value is -1.13. The first kappa shape index (κ1) is 25.9. The minimum Gasteiger partial charge on any atom is -0.469 e. The number of methoxy groups -OCH3 is 1. The number of carbonyl (C=O) groups excluding carboxylic acids is 1. The zero-order valence-corrected chi connectivity index (χ0v) is 15.9. The molecule has 0 amide bonds. The van der Waals surface area contributed by atoms with Gasteiger partial charge in [-0.05, 0) is 0 Å². The Morgan fingerprint density at radius 2 is 1.33 bits per heavy atom. The lowest BCUT2D eigenvalue weighted by molar-refractivity contribution is -0.897. The molecule has 0 spiro atoms. The Morgan fingerprint density at radius 1 is 0.963 bits per heavy atom. The molecule has 0 atom stereocenters. The molecule has 1 N–H and O–H groups in total. The molecule has 0 saturated carbocycles. The van der Waals surface area contributed by atoms with Gasteiger partial charge in [0, 0.05) is 12.8 Å². The molecule has 16 heteroatoms. The number of nitrogens with one attached hydrogen (secondary N) is 1. The lowest BCUT2D eigenvalue weighted by Crippen LogP contribution is -2.45. The molecule has 1 rings (SSSR count). The number of halogens is 6. The lowest BCUT2D eigenvalue weighted by Gasteiger charge is -2.28. The second-order valence-electron chi connectivity index (χ2n) is 5.81. The molecule has 0 radical (unpaired) electrons. The van der Waals surface area contributed by atoms with Gasteiger partial charge in [0.1, 0.15) is 0 Å². The van der Waals surface area contributed by atoms with Gasteiger partial charge in [-0.15, -0.1) is 0 Å². The highest BCUT2D eigenvalue weighted by Gasteiger charge is 2.55. The number of alkyl halides is 6. The Labute approximate surface area is 152 Å². The summed E-state index contributed by atoms with van der Waals surface area (Å²) in [4.78, 5) is 10.9. The number of quaternary nitrogens is 1. The van der Waals surface area contributed by atoms with Crippen molar-refractivity contribution in [2.75, 3.05) is 33.8 Å². The van der Waals surface area contributed by atoms with Crippen molar-refractivity contribution in [3.63, 3.8) is 0 Å². The first-order valence-electron chi connectivity index (χ1n) is 7.18. The van der Waals surface area contributed by atoms with Crippen molar-refractivity contribution >= 4 is 26.0 Å². The molecule has 0 bridgehead atoms. The maximum Gasteiger partial charge on any atom is 0.512 e. The number of likely N-dealkylation sites (tertiary alicyclic amines) is 1. The van der Waals surface area contributed by atoms with Crippen molar-refractivity contribution in [2.24, 2.45) is 0 Å². The molecule has 0 aromatic rings. The Bertz CT molecular complexity index is 669. The van der Waals surface area contributed by atoms with Gasteiger partial charge in [-0.3, -0.25) is 4.79 Å². The molecule has 162 valence electrons. The van der Waals surface area contributed by atoms with E-state index in [1.165, 1.54) is 33.0 Å². The van der Waals surface area contributed by atoms with E-state index in [0.717, 1.165) is 11.0 Å². The van der Waals surface area contributed by atoms with Crippen molar-refractivity contribution in [3.8, 4) is 0 Å². The average Bonchev–Trinajstić information content (AvgIpc) is 2.89. The first-order chi connectivity index (χ1) is 11.9. The lowest BCUT2D eigenvalue weighted by atomic mass is 10.3. The number of ether oxygens (including phenoxy) is 1. The summed E-state index contributed by atoms with van der Waals surface area (Å²) in [6.07, 6.45) is 3.17. The van der Waals surface area contributed by atoms with Crippen LogP contribution in [0.5, 0.6) is 0 Å². The van der Waals surface area contributed by atoms with Crippen LogP contribution in [0.3, 0.4) is 0 Å². The van der Waals surface area contributed by atoms with Crippen molar-refractivity contribution in [2.45, 2.75) is 30.3 Å². The summed E-state index contributed by atoms with van der Waals surface area (Å²) in [5, 5.41) is 0. The molecule has 1 heterocycles. The Kier molecular flexibility index (Phi) is 8.54. The van der Waals surface area contributed by atoms with Gasteiger partial charge < -0.3 is 9.22 Å². The van der Waals surface area contributed by atoms with Gasteiger partial charge in [0.2, 0.25) is 0 Å². The Balaban J connectivity index is 0.000000511. The van der Waals surface area contributed by atoms with Crippen LogP contribution in [0.2, 0.25) is 0 Å². The van der Waals surface area contributed by atoms with E-state index in [-0.39, 0.29) is 5.97 Å². The Morgan fingerprint density at radius 3 is 1.63 bits per heavy atom. The molecule has 27 heavy (non-hydrogen) atoms. The molecular weight excluding hydrogens is 434 g/mol. The molecule has 0 aromatic carbocycles. The number of rotatable bonds is 5. The van der Waals surface area contributed by atoms with Crippen molar-refractivity contribution < 1.29 is 57.2 Å². The quantitative estimate of drug-likeness (QED) is 0.379. The van der Waals surface area contributed by atoms with E-state index in [4.69, 9.17) is 0 Å². The second kappa shape index (κ2) is 8.91. The summed E-state index contributed by atoms with van der Waals surface area (Å²) in [6.45, 7) is 3.38. The van der Waals surface area contributed by atoms with Crippen LogP contribution in [0.15, 0.2) is 0 Å². The molecule has 0 aliphatic carbocycles. The number of nitrogens with zero attached hydrogens (tertiary/aromatic N) is 1. The SMILES string of the molecule is COC(=O)CC[N+]1(C)CCCC1.O=S(=O)(NS(=O)(=O)C(F)(F)F)C(F)(F)F. The fourth-order valence-electron chi connectivity index (χ4n) is 2.02. The van der Waals surface area contributed by atoms with Gasteiger partial charge in [-0.25, -0.2) is 16.8 Å². The van der Waals surface area contributed by atoms with E-state index >= 15 is 0 Å². The van der Waals surface area contributed by atoms with Crippen LogP contribution >= 0.6 is 0 Å². The number of hydrogen-bond donors (Lipinski definition) is 1. The summed E-state index contributed by atoms with van der Waals surface area (Å²) in [7, 11) is -9.52. The molecular formula is C11H19F6N2O6S2+. The topological polar surface area (TPSA) is 107 Å². The van der Waals surface area contributed by atoms with Crippen molar-refractivity contribution in [1.29, 1.82) is 0 Å². The summed E-state index contributed by atoms with van der Waals surface area (Å²) in [5.41, 5.74) is -12.3. The minimum atomic E-state index is -6.60. The molecule has 1 aliphatic heterocycles. The fourth-order valence-corrected chi connectivity index (χ4v) is 3.94. The molecule has 1 saturated heterocycles. The van der Waals surface area contributed by atoms with Gasteiger partial charge >= 0.3 is 37.0 Å². The second-order valence-corrected chi connectivity index (χ2v) is 9.41. The molecule has 8 nitrogen and oxygen atoms in total. The van der Waals surface area contributed by atoms with Crippen LogP contribution in [0.4, 0.5) is 26.3 Å². The highest BCUT2D eigenvalue weighted by atomic mass is 32.3. The number of hydrogen-bond acceptors (Lipinski definition) is 6. The summed E-state index contributed by atoms with van der Waals surface area (Å²) in [6, 6.07) is 0. The molecule has 1 fully saturated rings. The maximum atomic E-state index is 11.5. The molecule has 1 aliphatic rings. The number of sulfonamides is 2. The fraction of sp³-hybridized carbons (Fsp3) is 0.909. The maximum absolute atomic E-state index is 11.5. The summed E-state index contributed by atoms with van der Waals surface area (Å²) in [5.74, 6) is -0.0822. The van der Waals surface area contributed by atoms with Crippen LogP contribution in [0.1, 0.15) is 19.3 Å². The highest BCUT2D eigenvalue weighted by molar-refractivity contribution is 8.05. The van der Waals surface area contributed by atoms with E-state index < -0.39 is 35.2 Å².